The van der Waals surface area contributed by atoms with E-state index in [0.29, 0.717) is 28.9 Å². The molecule has 2 unspecified atom stereocenters. The Kier molecular flexibility index (Phi) is 4.03. The van der Waals surface area contributed by atoms with Crippen molar-refractivity contribution in [3.8, 4) is 5.75 Å². The van der Waals surface area contributed by atoms with Gasteiger partial charge in [0.15, 0.2) is 0 Å². The smallest absolute Gasteiger partial charge is 0.426 e. The van der Waals surface area contributed by atoms with Gasteiger partial charge in [0.2, 0.25) is 0 Å². The standard InChI is InChI=1S/C15H15F5O2S/c16-14(17,18)15(19,20)22-10-3-1-9(2-4-10)13(21)7-11-5-6-12(8-13)23-11/h1-4,11-12,21H,5-8H2. The maximum Gasteiger partial charge on any atom is 0.499 e. The van der Waals surface area contributed by atoms with E-state index in [2.05, 4.69) is 4.74 Å². The molecule has 0 aliphatic carbocycles. The lowest BCUT2D eigenvalue weighted by Gasteiger charge is -2.36. The van der Waals surface area contributed by atoms with Gasteiger partial charge in [0.05, 0.1) is 5.60 Å². The summed E-state index contributed by atoms with van der Waals surface area (Å²) in [4.78, 5) is 0. The Bertz CT molecular complexity index is 560. The predicted molar refractivity (Wildman–Crippen MR) is 75.6 cm³/mol. The molecule has 2 fully saturated rings. The van der Waals surface area contributed by atoms with Crippen LogP contribution in [0.4, 0.5) is 22.0 Å². The van der Waals surface area contributed by atoms with E-state index >= 15 is 0 Å². The zero-order valence-electron chi connectivity index (χ0n) is 11.9. The van der Waals surface area contributed by atoms with E-state index < -0.39 is 23.6 Å². The molecule has 2 atom stereocenters. The lowest BCUT2D eigenvalue weighted by atomic mass is 9.86. The second-order valence-electron chi connectivity index (χ2n) is 6.04. The summed E-state index contributed by atoms with van der Waals surface area (Å²) in [7, 11) is 0. The molecule has 2 heterocycles. The average molecular weight is 354 g/mol. The summed E-state index contributed by atoms with van der Waals surface area (Å²) in [6, 6.07) is 4.79. The molecule has 0 amide bonds. The van der Waals surface area contributed by atoms with Gasteiger partial charge in [-0.25, -0.2) is 0 Å². The van der Waals surface area contributed by atoms with E-state index in [4.69, 9.17) is 0 Å². The molecule has 2 saturated heterocycles. The number of benzene rings is 1. The Hall–Kier alpha value is -1.02. The van der Waals surface area contributed by atoms with Crippen LogP contribution in [0.3, 0.4) is 0 Å². The number of alkyl halides is 5. The Labute approximate surface area is 134 Å². The molecule has 8 heteroatoms. The van der Waals surface area contributed by atoms with Crippen LogP contribution in [0.2, 0.25) is 0 Å². The van der Waals surface area contributed by atoms with E-state index in [1.165, 1.54) is 12.1 Å². The highest BCUT2D eigenvalue weighted by Gasteiger charge is 2.61. The van der Waals surface area contributed by atoms with Crippen LogP contribution in [-0.4, -0.2) is 27.9 Å². The van der Waals surface area contributed by atoms with Gasteiger partial charge in [-0.1, -0.05) is 12.1 Å². The highest BCUT2D eigenvalue weighted by Crippen LogP contribution is 2.51. The van der Waals surface area contributed by atoms with Gasteiger partial charge in [-0.15, -0.1) is 0 Å². The minimum atomic E-state index is -5.77. The fourth-order valence-electron chi connectivity index (χ4n) is 3.19. The summed E-state index contributed by atoms with van der Waals surface area (Å²) in [6.45, 7) is 0. The third kappa shape index (κ3) is 3.28. The second kappa shape index (κ2) is 5.51. The molecule has 3 rings (SSSR count). The van der Waals surface area contributed by atoms with Crippen LogP contribution in [0.15, 0.2) is 24.3 Å². The summed E-state index contributed by atoms with van der Waals surface area (Å²) >= 11 is 1.85. The third-order valence-electron chi connectivity index (χ3n) is 4.29. The highest BCUT2D eigenvalue weighted by molar-refractivity contribution is 8.00. The molecular formula is C15H15F5O2S. The maximum atomic E-state index is 12.9. The minimum Gasteiger partial charge on any atom is -0.426 e. The lowest BCUT2D eigenvalue weighted by Crippen LogP contribution is -2.41. The molecule has 1 N–H and O–H groups in total. The fourth-order valence-corrected chi connectivity index (χ4v) is 5.02. The van der Waals surface area contributed by atoms with Crippen molar-refractivity contribution in [3.05, 3.63) is 29.8 Å². The van der Waals surface area contributed by atoms with Crippen molar-refractivity contribution in [1.29, 1.82) is 0 Å². The Balaban J connectivity index is 1.75. The number of hydrogen-bond acceptors (Lipinski definition) is 3. The topological polar surface area (TPSA) is 29.5 Å². The SMILES string of the molecule is OC1(c2ccc(OC(F)(F)C(F)(F)F)cc2)CC2CCC(C1)S2. The van der Waals surface area contributed by atoms with Crippen molar-refractivity contribution in [2.24, 2.45) is 0 Å². The fraction of sp³-hybridized carbons (Fsp3) is 0.600. The van der Waals surface area contributed by atoms with Crippen molar-refractivity contribution in [3.63, 3.8) is 0 Å². The number of halogens is 5. The molecule has 2 aliphatic heterocycles. The monoisotopic (exact) mass is 354 g/mol. The first-order valence-electron chi connectivity index (χ1n) is 7.21. The number of fused-ring (bicyclic) bond motifs is 2. The van der Waals surface area contributed by atoms with Crippen LogP contribution in [0.5, 0.6) is 5.75 Å². The highest BCUT2D eigenvalue weighted by atomic mass is 32.2. The maximum absolute atomic E-state index is 12.9. The van der Waals surface area contributed by atoms with Gasteiger partial charge < -0.3 is 9.84 Å². The predicted octanol–water partition coefficient (Wildman–Crippen LogP) is 4.47. The molecule has 2 bridgehead atoms. The molecular weight excluding hydrogens is 339 g/mol. The molecule has 2 nitrogen and oxygen atoms in total. The van der Waals surface area contributed by atoms with Gasteiger partial charge in [-0.05, 0) is 43.4 Å². The van der Waals surface area contributed by atoms with Crippen LogP contribution in [0.25, 0.3) is 0 Å². The second-order valence-corrected chi connectivity index (χ2v) is 7.64. The molecule has 23 heavy (non-hydrogen) atoms. The van der Waals surface area contributed by atoms with Gasteiger partial charge >= 0.3 is 12.3 Å². The van der Waals surface area contributed by atoms with Crippen LogP contribution in [-0.2, 0) is 5.60 Å². The van der Waals surface area contributed by atoms with E-state index in [9.17, 15) is 27.1 Å². The number of rotatable bonds is 3. The van der Waals surface area contributed by atoms with E-state index in [1.807, 2.05) is 11.8 Å². The van der Waals surface area contributed by atoms with Gasteiger partial charge in [-0.2, -0.15) is 33.7 Å². The van der Waals surface area contributed by atoms with Crippen molar-refractivity contribution < 1.29 is 31.8 Å². The first-order valence-corrected chi connectivity index (χ1v) is 8.15. The number of thioether (sulfide) groups is 1. The minimum absolute atomic E-state index is 0.365. The van der Waals surface area contributed by atoms with Gasteiger partial charge in [-0.3, -0.25) is 0 Å². The first kappa shape index (κ1) is 16.8. The summed E-state index contributed by atoms with van der Waals surface area (Å²) in [5.74, 6) is -0.590. The molecule has 0 saturated carbocycles. The van der Waals surface area contributed by atoms with Crippen molar-refractivity contribution in [2.45, 2.75) is 54.1 Å². The Morgan fingerprint density at radius 3 is 2.00 bits per heavy atom. The van der Waals surface area contributed by atoms with E-state index in [1.54, 1.807) is 0 Å². The quantitative estimate of drug-likeness (QED) is 0.813. The van der Waals surface area contributed by atoms with Gasteiger partial charge in [0.25, 0.3) is 0 Å². The largest absolute Gasteiger partial charge is 0.499 e. The Morgan fingerprint density at radius 1 is 1.00 bits per heavy atom. The van der Waals surface area contributed by atoms with Crippen molar-refractivity contribution >= 4 is 11.8 Å². The van der Waals surface area contributed by atoms with Gasteiger partial charge in [0.1, 0.15) is 5.75 Å². The molecule has 1 aromatic rings. The first-order chi connectivity index (χ1) is 10.6. The lowest BCUT2D eigenvalue weighted by molar-refractivity contribution is -0.360. The van der Waals surface area contributed by atoms with Gasteiger partial charge in [0, 0.05) is 10.5 Å². The number of aliphatic hydroxyl groups is 1. The van der Waals surface area contributed by atoms with E-state index in [0.717, 1.165) is 25.0 Å². The molecule has 128 valence electrons. The molecule has 2 aliphatic rings. The molecule has 0 spiro atoms. The molecule has 0 aromatic heterocycles. The van der Waals surface area contributed by atoms with Crippen LogP contribution < -0.4 is 4.74 Å². The third-order valence-corrected chi connectivity index (χ3v) is 5.87. The summed E-state index contributed by atoms with van der Waals surface area (Å²) in [5.41, 5.74) is -0.528. The number of hydrogen-bond donors (Lipinski definition) is 1. The van der Waals surface area contributed by atoms with Crippen molar-refractivity contribution in [2.75, 3.05) is 0 Å². The number of ether oxygens (including phenoxy) is 1. The van der Waals surface area contributed by atoms with E-state index in [-0.39, 0.29) is 0 Å². The normalized spacial score (nSPS) is 31.2. The van der Waals surface area contributed by atoms with Crippen LogP contribution >= 0.6 is 11.8 Å². The molecule has 1 aromatic carbocycles. The summed E-state index contributed by atoms with van der Waals surface area (Å²) in [5, 5.41) is 11.5. The zero-order chi connectivity index (χ0) is 16.9. The van der Waals surface area contributed by atoms with Crippen LogP contribution in [0, 0.1) is 0 Å². The Morgan fingerprint density at radius 2 is 1.52 bits per heavy atom. The van der Waals surface area contributed by atoms with Crippen LogP contribution in [0.1, 0.15) is 31.2 Å². The summed E-state index contributed by atoms with van der Waals surface area (Å²) in [6.07, 6.45) is -7.82. The average Bonchev–Trinajstić information content (AvgIpc) is 2.77. The van der Waals surface area contributed by atoms with Crippen molar-refractivity contribution in [1.82, 2.24) is 0 Å². The molecule has 0 radical (unpaired) electrons. The zero-order valence-corrected chi connectivity index (χ0v) is 12.8. The summed E-state index contributed by atoms with van der Waals surface area (Å²) < 4.78 is 65.8.